The number of nitrogens with two attached hydrogens (primary N) is 1. The van der Waals surface area contributed by atoms with Gasteiger partial charge in [-0.05, 0) is 26.2 Å². The minimum absolute atomic E-state index is 0.861. The normalized spacial score (nSPS) is 10.2. The Kier molecular flexibility index (Phi) is 8.85. The van der Waals surface area contributed by atoms with Gasteiger partial charge in [0.1, 0.15) is 0 Å². The topological polar surface area (TPSA) is 25.8 Å². The number of unbranched alkanes of at least 4 members (excludes halogenated alkanes) is 2. The van der Waals surface area contributed by atoms with Gasteiger partial charge in [0.15, 0.2) is 0 Å². The summed E-state index contributed by atoms with van der Waals surface area (Å²) in [7, 11) is 2.11. The van der Waals surface area contributed by atoms with Crippen LogP contribution in [0.2, 0.25) is 0 Å². The molecule has 0 aromatic rings. The minimum Gasteiger partial charge on any atom is -0.382 e. The van der Waals surface area contributed by atoms with Gasteiger partial charge in [-0.2, -0.15) is 0 Å². The summed E-state index contributed by atoms with van der Waals surface area (Å²) in [4.78, 5) is 0. The molecule has 0 heterocycles. The molecule has 0 aliphatic rings. The molecular formula is C8H20NO+. The van der Waals surface area contributed by atoms with Crippen LogP contribution in [0.5, 0.6) is 0 Å². The molecule has 0 aromatic carbocycles. The van der Waals surface area contributed by atoms with Gasteiger partial charge in [0, 0.05) is 13.2 Å². The van der Waals surface area contributed by atoms with Gasteiger partial charge < -0.3 is 10.1 Å². The monoisotopic (exact) mass is 146 g/mol. The van der Waals surface area contributed by atoms with Gasteiger partial charge in [-0.3, -0.25) is 0 Å². The van der Waals surface area contributed by atoms with Gasteiger partial charge in [0.05, 0.1) is 13.6 Å². The van der Waals surface area contributed by atoms with E-state index in [0.29, 0.717) is 0 Å². The van der Waals surface area contributed by atoms with E-state index in [1.54, 1.807) is 0 Å². The van der Waals surface area contributed by atoms with Gasteiger partial charge in [0.25, 0.3) is 0 Å². The molecule has 0 aliphatic carbocycles. The molecule has 0 fully saturated rings. The Morgan fingerprint density at radius 1 is 1.20 bits per heavy atom. The molecule has 0 aromatic heterocycles. The molecule has 0 amide bonds. The average molecular weight is 146 g/mol. The van der Waals surface area contributed by atoms with Gasteiger partial charge in [-0.1, -0.05) is 0 Å². The highest BCUT2D eigenvalue weighted by atomic mass is 16.5. The molecule has 0 unspecified atom stereocenters. The second-order valence-corrected chi connectivity index (χ2v) is 2.45. The van der Waals surface area contributed by atoms with Crippen LogP contribution in [0.3, 0.4) is 0 Å². The Labute approximate surface area is 64.0 Å². The van der Waals surface area contributed by atoms with E-state index in [1.165, 1.54) is 25.8 Å². The van der Waals surface area contributed by atoms with E-state index in [2.05, 4.69) is 12.4 Å². The van der Waals surface area contributed by atoms with Crippen molar-refractivity contribution in [2.75, 3.05) is 26.8 Å². The number of hydrogen-bond acceptors (Lipinski definition) is 1. The molecule has 0 saturated heterocycles. The molecule has 0 saturated carbocycles. The number of ether oxygens (including phenoxy) is 1. The summed E-state index contributed by atoms with van der Waals surface area (Å²) in [6.45, 7) is 5.10. The highest BCUT2D eigenvalue weighted by Crippen LogP contribution is 1.92. The van der Waals surface area contributed by atoms with Crippen LogP contribution in [0.1, 0.15) is 26.2 Å². The summed E-state index contributed by atoms with van der Waals surface area (Å²) in [5, 5.41) is 2.22. The number of hydrogen-bond donors (Lipinski definition) is 1. The number of rotatable bonds is 7. The zero-order valence-corrected chi connectivity index (χ0v) is 7.23. The molecule has 0 bridgehead atoms. The minimum atomic E-state index is 0.861. The molecule has 0 radical (unpaired) electrons. The maximum Gasteiger partial charge on any atom is 0.0753 e. The lowest BCUT2D eigenvalue weighted by atomic mass is 10.2. The molecule has 62 valence electrons. The van der Waals surface area contributed by atoms with Gasteiger partial charge in [-0.15, -0.1) is 0 Å². The van der Waals surface area contributed by atoms with Crippen molar-refractivity contribution in [3.05, 3.63) is 0 Å². The Bertz CT molecular complexity index is 49.2. The Morgan fingerprint density at radius 2 is 2.00 bits per heavy atom. The molecule has 2 N–H and O–H groups in total. The largest absolute Gasteiger partial charge is 0.382 e. The Balaban J connectivity index is 2.65. The molecule has 10 heavy (non-hydrogen) atoms. The molecule has 0 rings (SSSR count). The first-order valence-electron chi connectivity index (χ1n) is 4.27. The zero-order chi connectivity index (χ0) is 7.66. The van der Waals surface area contributed by atoms with Crippen molar-refractivity contribution in [3.63, 3.8) is 0 Å². The van der Waals surface area contributed by atoms with Crippen molar-refractivity contribution in [2.45, 2.75) is 26.2 Å². The first-order chi connectivity index (χ1) is 4.91. The fourth-order valence-electron chi connectivity index (χ4n) is 0.874. The summed E-state index contributed by atoms with van der Waals surface area (Å²) in [6, 6.07) is 0. The smallest absolute Gasteiger partial charge is 0.0753 e. The van der Waals surface area contributed by atoms with Crippen molar-refractivity contribution >= 4 is 0 Å². The SMILES string of the molecule is CCOCCCCC[NH2+]C. The fourth-order valence-corrected chi connectivity index (χ4v) is 0.874. The highest BCUT2D eigenvalue weighted by molar-refractivity contribution is 4.37. The quantitative estimate of drug-likeness (QED) is 0.516. The van der Waals surface area contributed by atoms with E-state index in [4.69, 9.17) is 4.74 Å². The van der Waals surface area contributed by atoms with E-state index in [9.17, 15) is 0 Å². The van der Waals surface area contributed by atoms with Crippen LogP contribution in [0, 0.1) is 0 Å². The van der Waals surface area contributed by atoms with Gasteiger partial charge in [-0.25, -0.2) is 0 Å². The third-order valence-electron chi connectivity index (χ3n) is 1.49. The van der Waals surface area contributed by atoms with E-state index in [0.717, 1.165) is 13.2 Å². The molecule has 2 nitrogen and oxygen atoms in total. The predicted octanol–water partition coefficient (Wildman–Crippen LogP) is 0.386. The number of quaternary nitrogens is 1. The van der Waals surface area contributed by atoms with Crippen molar-refractivity contribution in [2.24, 2.45) is 0 Å². The maximum atomic E-state index is 5.20. The predicted molar refractivity (Wildman–Crippen MR) is 43.1 cm³/mol. The standard InChI is InChI=1S/C8H19NO/c1-3-10-8-6-4-5-7-9-2/h9H,3-8H2,1-2H3/p+1. The summed E-state index contributed by atoms with van der Waals surface area (Å²) in [5.41, 5.74) is 0. The van der Waals surface area contributed by atoms with Gasteiger partial charge in [0.2, 0.25) is 0 Å². The summed E-state index contributed by atoms with van der Waals surface area (Å²) in [6.07, 6.45) is 3.86. The molecule has 0 atom stereocenters. The lowest BCUT2D eigenvalue weighted by Crippen LogP contribution is -2.79. The second kappa shape index (κ2) is 8.92. The van der Waals surface area contributed by atoms with Crippen LogP contribution in [0.15, 0.2) is 0 Å². The first-order valence-corrected chi connectivity index (χ1v) is 4.27. The molecule has 0 aliphatic heterocycles. The van der Waals surface area contributed by atoms with E-state index in [1.807, 2.05) is 6.92 Å². The van der Waals surface area contributed by atoms with Crippen LogP contribution < -0.4 is 5.32 Å². The lowest BCUT2D eigenvalue weighted by molar-refractivity contribution is -0.627. The van der Waals surface area contributed by atoms with E-state index in [-0.39, 0.29) is 0 Å². The highest BCUT2D eigenvalue weighted by Gasteiger charge is 1.88. The van der Waals surface area contributed by atoms with Crippen LogP contribution in [0.25, 0.3) is 0 Å². The maximum absolute atomic E-state index is 5.20. The van der Waals surface area contributed by atoms with Crippen molar-refractivity contribution < 1.29 is 10.1 Å². The zero-order valence-electron chi connectivity index (χ0n) is 7.23. The van der Waals surface area contributed by atoms with Crippen LogP contribution in [-0.2, 0) is 4.74 Å². The second-order valence-electron chi connectivity index (χ2n) is 2.45. The van der Waals surface area contributed by atoms with Crippen molar-refractivity contribution in [1.82, 2.24) is 0 Å². The van der Waals surface area contributed by atoms with Crippen LogP contribution in [-0.4, -0.2) is 26.8 Å². The van der Waals surface area contributed by atoms with Crippen molar-refractivity contribution in [1.29, 1.82) is 0 Å². The lowest BCUT2D eigenvalue weighted by Gasteiger charge is -1.99. The van der Waals surface area contributed by atoms with Crippen molar-refractivity contribution in [3.8, 4) is 0 Å². The molecule has 2 heteroatoms. The first kappa shape index (κ1) is 9.92. The van der Waals surface area contributed by atoms with Crippen LogP contribution >= 0.6 is 0 Å². The summed E-state index contributed by atoms with van der Waals surface area (Å²) >= 11 is 0. The van der Waals surface area contributed by atoms with Crippen LogP contribution in [0.4, 0.5) is 0 Å². The average Bonchev–Trinajstić information content (AvgIpc) is 1.97. The van der Waals surface area contributed by atoms with Gasteiger partial charge >= 0.3 is 0 Å². The summed E-state index contributed by atoms with van der Waals surface area (Å²) < 4.78 is 5.20. The molecule has 0 spiro atoms. The Hall–Kier alpha value is -0.0800. The third-order valence-corrected chi connectivity index (χ3v) is 1.49. The summed E-state index contributed by atoms with van der Waals surface area (Å²) in [5.74, 6) is 0. The van der Waals surface area contributed by atoms with E-state index >= 15 is 0 Å². The van der Waals surface area contributed by atoms with E-state index < -0.39 is 0 Å². The molecular weight excluding hydrogens is 126 g/mol. The third kappa shape index (κ3) is 7.92. The fraction of sp³-hybridized carbons (Fsp3) is 1.00. The Morgan fingerprint density at radius 3 is 2.60 bits per heavy atom.